The average molecular weight is 254 g/mol. The van der Waals surface area contributed by atoms with Gasteiger partial charge in [-0.3, -0.25) is 0 Å². The first kappa shape index (κ1) is 13.4. The quantitative estimate of drug-likeness (QED) is 0.815. The van der Waals surface area contributed by atoms with Gasteiger partial charge in [0.2, 0.25) is 0 Å². The third-order valence-electron chi connectivity index (χ3n) is 2.39. The minimum atomic E-state index is -3.47. The summed E-state index contributed by atoms with van der Waals surface area (Å²) in [4.78, 5) is 11.0. The Kier molecular flexibility index (Phi) is 4.07. The van der Waals surface area contributed by atoms with Crippen molar-refractivity contribution in [3.05, 3.63) is 42.0 Å². The Hall–Kier alpha value is -1.62. The van der Waals surface area contributed by atoms with E-state index in [4.69, 9.17) is 5.11 Å². The zero-order chi connectivity index (χ0) is 13.1. The molecule has 1 rings (SSSR count). The number of hydrogen-bond acceptors (Lipinski definition) is 3. The normalized spacial score (nSPS) is 11.1. The summed E-state index contributed by atoms with van der Waals surface area (Å²) in [5, 5.41) is 9.00. The summed E-state index contributed by atoms with van der Waals surface area (Å²) in [5.74, 6) is -1.31. The van der Waals surface area contributed by atoms with Crippen molar-refractivity contribution in [3.8, 4) is 0 Å². The molecule has 17 heavy (non-hydrogen) atoms. The van der Waals surface area contributed by atoms with Crippen LogP contribution in [-0.4, -0.2) is 25.2 Å². The van der Waals surface area contributed by atoms with E-state index in [1.54, 1.807) is 6.07 Å². The lowest BCUT2D eigenvalue weighted by Gasteiger charge is -2.07. The van der Waals surface area contributed by atoms with Gasteiger partial charge in [0.1, 0.15) is 0 Å². The standard InChI is InChI=1S/C12H14O4S/c1-3-7-17(15,16)10-6-5-9(4-2)11(8-10)12(13)14/h3,5-6,8H,1,4,7H2,2H3,(H,13,14). The highest BCUT2D eigenvalue weighted by atomic mass is 32.2. The lowest BCUT2D eigenvalue weighted by molar-refractivity contribution is 0.0695. The van der Waals surface area contributed by atoms with E-state index in [9.17, 15) is 13.2 Å². The summed E-state index contributed by atoms with van der Waals surface area (Å²) in [5.41, 5.74) is 0.660. The maximum absolute atomic E-state index is 11.7. The minimum Gasteiger partial charge on any atom is -0.478 e. The molecular formula is C12H14O4S. The molecule has 0 bridgehead atoms. The summed E-state index contributed by atoms with van der Waals surface area (Å²) >= 11 is 0. The molecule has 1 aromatic carbocycles. The first-order valence-corrected chi connectivity index (χ1v) is 6.77. The van der Waals surface area contributed by atoms with E-state index in [-0.39, 0.29) is 16.2 Å². The molecule has 1 aromatic rings. The number of hydrogen-bond donors (Lipinski definition) is 1. The molecule has 1 N–H and O–H groups in total. The van der Waals surface area contributed by atoms with Gasteiger partial charge in [-0.25, -0.2) is 13.2 Å². The molecule has 0 heterocycles. The summed E-state index contributed by atoms with van der Waals surface area (Å²) in [6, 6.07) is 4.18. The molecule has 0 aliphatic carbocycles. The second-order valence-corrected chi connectivity index (χ2v) is 5.58. The van der Waals surface area contributed by atoms with Crippen LogP contribution in [0.4, 0.5) is 0 Å². The van der Waals surface area contributed by atoms with Crippen molar-refractivity contribution in [1.29, 1.82) is 0 Å². The molecular weight excluding hydrogens is 240 g/mol. The highest BCUT2D eigenvalue weighted by Crippen LogP contribution is 2.18. The van der Waals surface area contributed by atoms with E-state index >= 15 is 0 Å². The number of aromatic carboxylic acids is 1. The summed E-state index contributed by atoms with van der Waals surface area (Å²) in [7, 11) is -3.47. The molecule has 0 saturated heterocycles. The van der Waals surface area contributed by atoms with Crippen molar-refractivity contribution in [2.75, 3.05) is 5.75 Å². The fourth-order valence-corrected chi connectivity index (χ4v) is 2.58. The molecule has 92 valence electrons. The molecule has 0 atom stereocenters. The fourth-order valence-electron chi connectivity index (χ4n) is 1.51. The van der Waals surface area contributed by atoms with Crippen LogP contribution in [0.2, 0.25) is 0 Å². The number of carbonyl (C=O) groups is 1. The molecule has 0 radical (unpaired) electrons. The highest BCUT2D eigenvalue weighted by Gasteiger charge is 2.17. The predicted octanol–water partition coefficient (Wildman–Crippen LogP) is 1.91. The molecule has 4 nitrogen and oxygen atoms in total. The van der Waals surface area contributed by atoms with Crippen LogP contribution in [0.3, 0.4) is 0 Å². The number of carboxylic acid groups (broad SMARTS) is 1. The number of rotatable bonds is 5. The van der Waals surface area contributed by atoms with Crippen LogP contribution in [0.25, 0.3) is 0 Å². The molecule has 0 amide bonds. The third-order valence-corrected chi connectivity index (χ3v) is 4.04. The van der Waals surface area contributed by atoms with Gasteiger partial charge in [0.15, 0.2) is 9.84 Å². The molecule has 0 saturated carbocycles. The molecule has 5 heteroatoms. The van der Waals surface area contributed by atoms with Crippen molar-refractivity contribution in [2.24, 2.45) is 0 Å². The van der Waals surface area contributed by atoms with Gasteiger partial charge in [-0.1, -0.05) is 19.1 Å². The van der Waals surface area contributed by atoms with Crippen LogP contribution >= 0.6 is 0 Å². The van der Waals surface area contributed by atoms with Crippen LogP contribution < -0.4 is 0 Å². The second-order valence-electron chi connectivity index (χ2n) is 3.55. The number of carboxylic acids is 1. The van der Waals surface area contributed by atoms with Crippen LogP contribution in [0, 0.1) is 0 Å². The van der Waals surface area contributed by atoms with Gasteiger partial charge in [0.25, 0.3) is 0 Å². The molecule has 0 aromatic heterocycles. The van der Waals surface area contributed by atoms with Crippen LogP contribution in [0.15, 0.2) is 35.7 Å². The van der Waals surface area contributed by atoms with Crippen molar-refractivity contribution >= 4 is 15.8 Å². The Morgan fingerprint density at radius 2 is 2.12 bits per heavy atom. The van der Waals surface area contributed by atoms with E-state index in [2.05, 4.69) is 6.58 Å². The van der Waals surface area contributed by atoms with Gasteiger partial charge in [0, 0.05) is 0 Å². The van der Waals surface area contributed by atoms with E-state index in [0.717, 1.165) is 0 Å². The van der Waals surface area contributed by atoms with Gasteiger partial charge in [-0.05, 0) is 24.1 Å². The number of sulfone groups is 1. The van der Waals surface area contributed by atoms with Crippen molar-refractivity contribution in [3.63, 3.8) is 0 Å². The van der Waals surface area contributed by atoms with Crippen molar-refractivity contribution in [1.82, 2.24) is 0 Å². The van der Waals surface area contributed by atoms with E-state index in [1.807, 2.05) is 6.92 Å². The van der Waals surface area contributed by atoms with E-state index < -0.39 is 15.8 Å². The van der Waals surface area contributed by atoms with Crippen LogP contribution in [-0.2, 0) is 16.3 Å². The largest absolute Gasteiger partial charge is 0.478 e. The first-order valence-electron chi connectivity index (χ1n) is 5.12. The average Bonchev–Trinajstić information content (AvgIpc) is 2.28. The Morgan fingerprint density at radius 3 is 2.59 bits per heavy atom. The molecule has 0 fully saturated rings. The Balaban J connectivity index is 3.35. The summed E-state index contributed by atoms with van der Waals surface area (Å²) < 4.78 is 23.5. The first-order chi connectivity index (χ1) is 7.92. The van der Waals surface area contributed by atoms with E-state index in [1.165, 1.54) is 18.2 Å². The lowest BCUT2D eigenvalue weighted by Crippen LogP contribution is -2.08. The smallest absolute Gasteiger partial charge is 0.336 e. The maximum atomic E-state index is 11.7. The molecule has 0 unspecified atom stereocenters. The van der Waals surface area contributed by atoms with Crippen molar-refractivity contribution < 1.29 is 18.3 Å². The molecule has 0 spiro atoms. The van der Waals surface area contributed by atoms with Crippen LogP contribution in [0.5, 0.6) is 0 Å². The monoisotopic (exact) mass is 254 g/mol. The zero-order valence-electron chi connectivity index (χ0n) is 9.51. The molecule has 0 aliphatic rings. The Morgan fingerprint density at radius 1 is 1.47 bits per heavy atom. The van der Waals surface area contributed by atoms with Gasteiger partial charge in [-0.2, -0.15) is 0 Å². The second kappa shape index (κ2) is 5.14. The zero-order valence-corrected chi connectivity index (χ0v) is 10.3. The highest BCUT2D eigenvalue weighted by molar-refractivity contribution is 7.91. The lowest BCUT2D eigenvalue weighted by atomic mass is 10.1. The van der Waals surface area contributed by atoms with Crippen LogP contribution in [0.1, 0.15) is 22.8 Å². The maximum Gasteiger partial charge on any atom is 0.336 e. The molecule has 0 aliphatic heterocycles. The van der Waals surface area contributed by atoms with E-state index in [0.29, 0.717) is 12.0 Å². The van der Waals surface area contributed by atoms with Crippen molar-refractivity contribution in [2.45, 2.75) is 18.2 Å². The predicted molar refractivity (Wildman–Crippen MR) is 65.0 cm³/mol. The van der Waals surface area contributed by atoms with Gasteiger partial charge >= 0.3 is 5.97 Å². The van der Waals surface area contributed by atoms with Gasteiger partial charge in [0.05, 0.1) is 16.2 Å². The number of aryl methyl sites for hydroxylation is 1. The fraction of sp³-hybridized carbons (Fsp3) is 0.250. The Bertz CT molecular complexity index is 544. The van der Waals surface area contributed by atoms with Gasteiger partial charge in [-0.15, -0.1) is 6.58 Å². The van der Waals surface area contributed by atoms with Gasteiger partial charge < -0.3 is 5.11 Å². The third kappa shape index (κ3) is 2.94. The summed E-state index contributed by atoms with van der Waals surface area (Å²) in [6.07, 6.45) is 1.83. The summed E-state index contributed by atoms with van der Waals surface area (Å²) in [6.45, 7) is 5.19. The topological polar surface area (TPSA) is 71.4 Å². The minimum absolute atomic E-state index is 0.0204. The Labute approximate surface area is 101 Å². The SMILES string of the molecule is C=CCS(=O)(=O)c1ccc(CC)c(C(=O)O)c1. The number of benzene rings is 1.